The lowest BCUT2D eigenvalue weighted by Gasteiger charge is -2.24. The molecule has 1 rings (SSSR count). The second kappa shape index (κ2) is 7.50. The summed E-state index contributed by atoms with van der Waals surface area (Å²) in [6.07, 6.45) is 2.60. The summed E-state index contributed by atoms with van der Waals surface area (Å²) in [6.45, 7) is 5.32. The van der Waals surface area contributed by atoms with Crippen LogP contribution in [0.5, 0.6) is 6.01 Å². The number of nitrogens with one attached hydrogen (secondary N) is 1. The van der Waals surface area contributed by atoms with E-state index in [4.69, 9.17) is 16.3 Å². The third-order valence-electron chi connectivity index (χ3n) is 2.59. The number of nitrogens with zero attached hydrogens (tertiary/aromatic N) is 3. The number of anilines is 1. The molecule has 1 N–H and O–H groups in total. The molecule has 108 valence electrons. The summed E-state index contributed by atoms with van der Waals surface area (Å²) in [5.74, 6) is 1.22. The zero-order valence-corrected chi connectivity index (χ0v) is 13.0. The molecule has 0 aliphatic heterocycles. The van der Waals surface area contributed by atoms with Crippen LogP contribution in [0.4, 0.5) is 5.82 Å². The van der Waals surface area contributed by atoms with Crippen LogP contribution in [-0.4, -0.2) is 48.7 Å². The van der Waals surface area contributed by atoms with Crippen LogP contribution < -0.4 is 10.1 Å². The zero-order chi connectivity index (χ0) is 14.4. The van der Waals surface area contributed by atoms with E-state index in [-0.39, 0.29) is 6.04 Å². The molecule has 5 nitrogen and oxygen atoms in total. The number of ether oxygens (including phenoxy) is 1. The number of rotatable bonds is 7. The highest BCUT2D eigenvalue weighted by Crippen LogP contribution is 2.22. The van der Waals surface area contributed by atoms with Crippen LogP contribution in [0, 0.1) is 5.92 Å². The Morgan fingerprint density at radius 2 is 2.11 bits per heavy atom. The average molecular weight is 287 g/mol. The van der Waals surface area contributed by atoms with Crippen LogP contribution in [0.3, 0.4) is 0 Å². The van der Waals surface area contributed by atoms with E-state index in [1.54, 1.807) is 13.3 Å². The predicted molar refractivity (Wildman–Crippen MR) is 79.0 cm³/mol. The Labute approximate surface area is 120 Å². The molecule has 0 aliphatic rings. The number of hydrogen-bond acceptors (Lipinski definition) is 5. The maximum atomic E-state index is 6.11. The van der Waals surface area contributed by atoms with Gasteiger partial charge >= 0.3 is 6.01 Å². The van der Waals surface area contributed by atoms with Gasteiger partial charge in [-0.25, -0.2) is 4.98 Å². The topological polar surface area (TPSA) is 50.3 Å². The third kappa shape index (κ3) is 5.61. The first-order valence-corrected chi connectivity index (χ1v) is 6.78. The minimum Gasteiger partial charge on any atom is -0.467 e. The molecule has 1 heterocycles. The van der Waals surface area contributed by atoms with Gasteiger partial charge in [-0.15, -0.1) is 0 Å². The predicted octanol–water partition coefficient (Wildman–Crippen LogP) is 2.53. The lowest BCUT2D eigenvalue weighted by Crippen LogP contribution is -2.34. The van der Waals surface area contributed by atoms with E-state index >= 15 is 0 Å². The van der Waals surface area contributed by atoms with Gasteiger partial charge in [-0.3, -0.25) is 0 Å². The molecule has 0 spiro atoms. The van der Waals surface area contributed by atoms with Gasteiger partial charge in [0, 0.05) is 12.6 Å². The fourth-order valence-electron chi connectivity index (χ4n) is 1.93. The van der Waals surface area contributed by atoms with Gasteiger partial charge in [-0.2, -0.15) is 4.98 Å². The van der Waals surface area contributed by atoms with Crippen molar-refractivity contribution in [2.45, 2.75) is 26.3 Å². The Hall–Kier alpha value is -1.07. The molecular weight excluding hydrogens is 264 g/mol. The Morgan fingerprint density at radius 3 is 2.63 bits per heavy atom. The molecular formula is C13H23ClN4O. The van der Waals surface area contributed by atoms with Gasteiger partial charge in [0.15, 0.2) is 5.82 Å². The summed E-state index contributed by atoms with van der Waals surface area (Å²) < 4.78 is 5.02. The standard InChI is InChI=1S/C13H23ClN4O/c1-9(2)6-10(8-18(3)4)16-12-11(14)7-15-13(17-12)19-5/h7,9-10H,6,8H2,1-5H3,(H,15,16,17). The lowest BCUT2D eigenvalue weighted by atomic mass is 10.0. The molecule has 1 atom stereocenters. The summed E-state index contributed by atoms with van der Waals surface area (Å²) >= 11 is 6.11. The highest BCUT2D eigenvalue weighted by Gasteiger charge is 2.15. The number of halogens is 1. The Kier molecular flexibility index (Phi) is 6.31. The fourth-order valence-corrected chi connectivity index (χ4v) is 2.08. The molecule has 0 radical (unpaired) electrons. The molecule has 19 heavy (non-hydrogen) atoms. The number of likely N-dealkylation sites (N-methyl/N-ethyl adjacent to an activating group) is 1. The van der Waals surface area contributed by atoms with Crippen molar-refractivity contribution in [3.63, 3.8) is 0 Å². The van der Waals surface area contributed by atoms with Crippen LogP contribution in [-0.2, 0) is 0 Å². The molecule has 0 fully saturated rings. The van der Waals surface area contributed by atoms with Gasteiger partial charge in [-0.05, 0) is 26.4 Å². The molecule has 6 heteroatoms. The van der Waals surface area contributed by atoms with Gasteiger partial charge in [0.25, 0.3) is 0 Å². The quantitative estimate of drug-likeness (QED) is 0.835. The van der Waals surface area contributed by atoms with Gasteiger partial charge in [0.1, 0.15) is 5.02 Å². The fraction of sp³-hybridized carbons (Fsp3) is 0.692. The normalized spacial score (nSPS) is 12.8. The molecule has 0 aromatic carbocycles. The van der Waals surface area contributed by atoms with Crippen molar-refractivity contribution in [1.82, 2.24) is 14.9 Å². The molecule has 0 saturated heterocycles. The van der Waals surface area contributed by atoms with Gasteiger partial charge in [0.2, 0.25) is 0 Å². The largest absolute Gasteiger partial charge is 0.467 e. The summed E-state index contributed by atoms with van der Waals surface area (Å²) in [5, 5.41) is 3.89. The van der Waals surface area contributed by atoms with Gasteiger partial charge in [-0.1, -0.05) is 25.4 Å². The minimum absolute atomic E-state index is 0.284. The number of aromatic nitrogens is 2. The van der Waals surface area contributed by atoms with Crippen LogP contribution in [0.1, 0.15) is 20.3 Å². The number of hydrogen-bond donors (Lipinski definition) is 1. The second-order valence-electron chi connectivity index (χ2n) is 5.29. The molecule has 0 aliphatic carbocycles. The van der Waals surface area contributed by atoms with Crippen molar-refractivity contribution in [2.24, 2.45) is 5.92 Å². The summed E-state index contributed by atoms with van der Waals surface area (Å²) in [7, 11) is 5.65. The minimum atomic E-state index is 0.284. The second-order valence-corrected chi connectivity index (χ2v) is 5.69. The first kappa shape index (κ1) is 16.0. The van der Waals surface area contributed by atoms with E-state index in [9.17, 15) is 0 Å². The van der Waals surface area contributed by atoms with E-state index in [0.29, 0.717) is 22.8 Å². The molecule has 1 aromatic heterocycles. The van der Waals surface area contributed by atoms with Crippen molar-refractivity contribution in [3.05, 3.63) is 11.2 Å². The van der Waals surface area contributed by atoms with Gasteiger partial charge < -0.3 is 15.0 Å². The average Bonchev–Trinajstić information content (AvgIpc) is 2.30. The smallest absolute Gasteiger partial charge is 0.318 e. The molecule has 0 saturated carbocycles. The highest BCUT2D eigenvalue weighted by atomic mass is 35.5. The van der Waals surface area contributed by atoms with E-state index in [1.807, 2.05) is 0 Å². The third-order valence-corrected chi connectivity index (χ3v) is 2.86. The van der Waals surface area contributed by atoms with Crippen LogP contribution in [0.15, 0.2) is 6.20 Å². The van der Waals surface area contributed by atoms with E-state index in [1.165, 1.54) is 0 Å². The van der Waals surface area contributed by atoms with Crippen molar-refractivity contribution >= 4 is 17.4 Å². The first-order valence-electron chi connectivity index (χ1n) is 6.40. The maximum Gasteiger partial charge on any atom is 0.318 e. The summed E-state index contributed by atoms with van der Waals surface area (Å²) in [4.78, 5) is 10.4. The Bertz CT molecular complexity index is 388. The maximum absolute atomic E-state index is 6.11. The molecule has 0 amide bonds. The zero-order valence-electron chi connectivity index (χ0n) is 12.3. The van der Waals surface area contributed by atoms with E-state index in [0.717, 1.165) is 13.0 Å². The Balaban J connectivity index is 2.82. The first-order chi connectivity index (χ1) is 8.92. The molecule has 1 unspecified atom stereocenters. The monoisotopic (exact) mass is 286 g/mol. The molecule has 0 bridgehead atoms. The lowest BCUT2D eigenvalue weighted by molar-refractivity contribution is 0.354. The van der Waals surface area contributed by atoms with Crippen molar-refractivity contribution in [1.29, 1.82) is 0 Å². The van der Waals surface area contributed by atoms with Crippen LogP contribution >= 0.6 is 11.6 Å². The summed E-state index contributed by atoms with van der Waals surface area (Å²) in [6, 6.07) is 0.604. The van der Waals surface area contributed by atoms with Crippen molar-refractivity contribution < 1.29 is 4.74 Å². The summed E-state index contributed by atoms with van der Waals surface area (Å²) in [5.41, 5.74) is 0. The van der Waals surface area contributed by atoms with Gasteiger partial charge in [0.05, 0.1) is 13.3 Å². The molecule has 1 aromatic rings. The van der Waals surface area contributed by atoms with Crippen molar-refractivity contribution in [2.75, 3.05) is 33.1 Å². The van der Waals surface area contributed by atoms with E-state index in [2.05, 4.69) is 48.1 Å². The SMILES string of the molecule is COc1ncc(Cl)c(NC(CC(C)C)CN(C)C)n1. The van der Waals surface area contributed by atoms with E-state index < -0.39 is 0 Å². The Morgan fingerprint density at radius 1 is 1.42 bits per heavy atom. The highest BCUT2D eigenvalue weighted by molar-refractivity contribution is 6.32. The van der Waals surface area contributed by atoms with Crippen LogP contribution in [0.2, 0.25) is 5.02 Å². The van der Waals surface area contributed by atoms with Crippen LogP contribution in [0.25, 0.3) is 0 Å². The van der Waals surface area contributed by atoms with Crippen molar-refractivity contribution in [3.8, 4) is 6.01 Å². The number of methoxy groups -OCH3 is 1.